The normalized spacial score (nSPS) is 17.2. The first-order chi connectivity index (χ1) is 17.3. The Kier molecular flexibility index (Phi) is 6.62. The van der Waals surface area contributed by atoms with Gasteiger partial charge in [-0.2, -0.15) is 0 Å². The number of nitrogens with zero attached hydrogens (tertiary/aromatic N) is 2. The molecule has 1 heterocycles. The van der Waals surface area contributed by atoms with E-state index in [1.165, 1.54) is 29.5 Å². The van der Waals surface area contributed by atoms with Gasteiger partial charge in [-0.3, -0.25) is 9.59 Å². The van der Waals surface area contributed by atoms with Crippen LogP contribution in [0.1, 0.15) is 58.4 Å². The standard InChI is InChI=1S/C28H27ClN2O4S/c1-30(22-10-3-2-4-11-22)27(32)20-14-15-26-24(17-20)31(18-19-8-7-9-21(29)16-19)28(33)23-12-5-6-13-25(23)36(26,34)35/h5-9,12-17,22H,2-4,10-11,18H2,1H3. The van der Waals surface area contributed by atoms with Gasteiger partial charge in [-0.15, -0.1) is 0 Å². The lowest BCUT2D eigenvalue weighted by molar-refractivity contribution is 0.0696. The van der Waals surface area contributed by atoms with Gasteiger partial charge >= 0.3 is 0 Å². The number of halogens is 1. The average molecular weight is 523 g/mol. The first-order valence-electron chi connectivity index (χ1n) is 12.1. The summed E-state index contributed by atoms with van der Waals surface area (Å²) in [6, 6.07) is 18.0. The van der Waals surface area contributed by atoms with Crippen LogP contribution in [0.25, 0.3) is 0 Å². The van der Waals surface area contributed by atoms with E-state index in [4.69, 9.17) is 11.6 Å². The zero-order valence-corrected chi connectivity index (χ0v) is 21.6. The van der Waals surface area contributed by atoms with Crippen LogP contribution >= 0.6 is 11.6 Å². The summed E-state index contributed by atoms with van der Waals surface area (Å²) in [6.07, 6.45) is 5.26. The van der Waals surface area contributed by atoms with E-state index in [0.717, 1.165) is 31.2 Å². The Balaban J connectivity index is 1.63. The zero-order chi connectivity index (χ0) is 25.4. The summed E-state index contributed by atoms with van der Waals surface area (Å²) in [5.41, 5.74) is 1.39. The van der Waals surface area contributed by atoms with Crippen molar-refractivity contribution in [3.63, 3.8) is 0 Å². The van der Waals surface area contributed by atoms with Crippen molar-refractivity contribution in [1.82, 2.24) is 4.90 Å². The van der Waals surface area contributed by atoms with Crippen LogP contribution in [0, 0.1) is 0 Å². The molecule has 3 aromatic carbocycles. The van der Waals surface area contributed by atoms with Gasteiger partial charge < -0.3 is 9.80 Å². The maximum absolute atomic E-state index is 13.8. The second-order valence-corrected chi connectivity index (χ2v) is 11.7. The molecule has 0 bridgehead atoms. The van der Waals surface area contributed by atoms with Crippen molar-refractivity contribution < 1.29 is 18.0 Å². The number of rotatable bonds is 4. The average Bonchev–Trinajstić information content (AvgIpc) is 2.96. The van der Waals surface area contributed by atoms with Gasteiger partial charge in [0.15, 0.2) is 0 Å². The number of amides is 2. The van der Waals surface area contributed by atoms with Gasteiger partial charge in [0.1, 0.15) is 0 Å². The fourth-order valence-electron chi connectivity index (χ4n) is 5.15. The molecular weight excluding hydrogens is 496 g/mol. The number of sulfone groups is 1. The van der Waals surface area contributed by atoms with Crippen molar-refractivity contribution in [3.8, 4) is 0 Å². The van der Waals surface area contributed by atoms with E-state index in [1.54, 1.807) is 54.4 Å². The fraction of sp³-hybridized carbons (Fsp3) is 0.286. The van der Waals surface area contributed by atoms with E-state index >= 15 is 0 Å². The van der Waals surface area contributed by atoms with Crippen molar-refractivity contribution in [2.24, 2.45) is 0 Å². The van der Waals surface area contributed by atoms with Crippen LogP contribution in [0.4, 0.5) is 5.69 Å². The maximum Gasteiger partial charge on any atom is 0.259 e. The molecule has 1 aliphatic heterocycles. The topological polar surface area (TPSA) is 74.8 Å². The third-order valence-electron chi connectivity index (χ3n) is 7.11. The van der Waals surface area contributed by atoms with E-state index in [-0.39, 0.29) is 39.5 Å². The molecule has 0 N–H and O–H groups in total. The molecule has 5 rings (SSSR count). The lowest BCUT2D eigenvalue weighted by atomic mass is 9.94. The molecule has 2 aliphatic rings. The van der Waals surface area contributed by atoms with E-state index in [1.807, 2.05) is 6.07 Å². The predicted molar refractivity (Wildman–Crippen MR) is 139 cm³/mol. The minimum atomic E-state index is -4.00. The molecular formula is C28H27ClN2O4S. The summed E-state index contributed by atoms with van der Waals surface area (Å²) in [5.74, 6) is -0.628. The molecule has 2 amide bonds. The zero-order valence-electron chi connectivity index (χ0n) is 20.0. The van der Waals surface area contributed by atoms with Crippen molar-refractivity contribution in [1.29, 1.82) is 0 Å². The van der Waals surface area contributed by atoms with Gasteiger partial charge in [0.25, 0.3) is 11.8 Å². The number of carbonyl (C=O) groups is 2. The lowest BCUT2D eigenvalue weighted by Crippen LogP contribution is -2.38. The Hall–Kier alpha value is -3.16. The second-order valence-electron chi connectivity index (χ2n) is 9.41. The highest BCUT2D eigenvalue weighted by molar-refractivity contribution is 7.91. The third kappa shape index (κ3) is 4.42. The monoisotopic (exact) mass is 522 g/mol. The van der Waals surface area contributed by atoms with Crippen molar-refractivity contribution >= 4 is 38.9 Å². The molecule has 8 heteroatoms. The molecule has 0 saturated heterocycles. The Bertz CT molecular complexity index is 1450. The summed E-state index contributed by atoms with van der Waals surface area (Å²) in [4.78, 5) is 30.4. The summed E-state index contributed by atoms with van der Waals surface area (Å²) in [7, 11) is -2.20. The van der Waals surface area contributed by atoms with Crippen molar-refractivity contribution in [2.45, 2.75) is 54.5 Å². The Morgan fingerprint density at radius 3 is 2.47 bits per heavy atom. The molecule has 0 spiro atoms. The number of carbonyl (C=O) groups excluding carboxylic acids is 2. The Morgan fingerprint density at radius 1 is 0.972 bits per heavy atom. The number of hydrogen-bond donors (Lipinski definition) is 0. The molecule has 0 atom stereocenters. The molecule has 1 saturated carbocycles. The molecule has 6 nitrogen and oxygen atoms in total. The minimum Gasteiger partial charge on any atom is -0.339 e. The molecule has 0 unspecified atom stereocenters. The maximum atomic E-state index is 13.8. The summed E-state index contributed by atoms with van der Waals surface area (Å²) in [5, 5.41) is 0.515. The molecule has 1 aliphatic carbocycles. The number of hydrogen-bond acceptors (Lipinski definition) is 4. The van der Waals surface area contributed by atoms with E-state index < -0.39 is 15.7 Å². The predicted octanol–water partition coefficient (Wildman–Crippen LogP) is 5.74. The molecule has 3 aromatic rings. The van der Waals surface area contributed by atoms with Crippen LogP contribution in [0.15, 0.2) is 76.5 Å². The molecule has 0 aromatic heterocycles. The van der Waals surface area contributed by atoms with Gasteiger partial charge in [0, 0.05) is 23.7 Å². The quantitative estimate of drug-likeness (QED) is 0.438. The van der Waals surface area contributed by atoms with Gasteiger partial charge in [-0.05, 0) is 60.9 Å². The summed E-state index contributed by atoms with van der Waals surface area (Å²) < 4.78 is 27.4. The van der Waals surface area contributed by atoms with Gasteiger partial charge in [0.05, 0.1) is 27.6 Å². The highest BCUT2D eigenvalue weighted by atomic mass is 35.5. The van der Waals surface area contributed by atoms with E-state index in [2.05, 4.69) is 0 Å². The highest BCUT2D eigenvalue weighted by Gasteiger charge is 2.36. The van der Waals surface area contributed by atoms with Crippen molar-refractivity contribution in [2.75, 3.05) is 11.9 Å². The summed E-state index contributed by atoms with van der Waals surface area (Å²) >= 11 is 6.18. The molecule has 36 heavy (non-hydrogen) atoms. The first kappa shape index (κ1) is 24.5. The van der Waals surface area contributed by atoms with E-state index in [0.29, 0.717) is 10.6 Å². The van der Waals surface area contributed by atoms with Crippen molar-refractivity contribution in [3.05, 3.63) is 88.4 Å². The van der Waals surface area contributed by atoms with Crippen LogP contribution in [0.5, 0.6) is 0 Å². The number of fused-ring (bicyclic) bond motifs is 2. The second kappa shape index (κ2) is 9.71. The fourth-order valence-corrected chi connectivity index (χ4v) is 7.00. The van der Waals surface area contributed by atoms with Gasteiger partial charge in [0.2, 0.25) is 9.84 Å². The first-order valence-corrected chi connectivity index (χ1v) is 13.9. The van der Waals surface area contributed by atoms with Gasteiger partial charge in [-0.1, -0.05) is 55.1 Å². The van der Waals surface area contributed by atoms with Crippen LogP contribution in [0.2, 0.25) is 5.02 Å². The molecule has 0 radical (unpaired) electrons. The van der Waals surface area contributed by atoms with Crippen LogP contribution in [0.3, 0.4) is 0 Å². The lowest BCUT2D eigenvalue weighted by Gasteiger charge is -2.31. The number of anilines is 1. The Labute approximate surface area is 216 Å². The SMILES string of the molecule is CN(C(=O)c1ccc2c(c1)N(Cc1cccc(Cl)c1)C(=O)c1ccccc1S2(=O)=O)C1CCCCC1. The third-order valence-corrected chi connectivity index (χ3v) is 9.21. The van der Waals surface area contributed by atoms with Crippen LogP contribution in [-0.4, -0.2) is 38.2 Å². The Morgan fingerprint density at radius 2 is 1.72 bits per heavy atom. The van der Waals surface area contributed by atoms with E-state index in [9.17, 15) is 18.0 Å². The van der Waals surface area contributed by atoms with Gasteiger partial charge in [-0.25, -0.2) is 8.42 Å². The number of benzene rings is 3. The smallest absolute Gasteiger partial charge is 0.259 e. The summed E-state index contributed by atoms with van der Waals surface area (Å²) in [6.45, 7) is 0.104. The highest BCUT2D eigenvalue weighted by Crippen LogP contribution is 2.38. The van der Waals surface area contributed by atoms with Crippen LogP contribution in [-0.2, 0) is 16.4 Å². The van der Waals surface area contributed by atoms with Crippen LogP contribution < -0.4 is 4.90 Å². The largest absolute Gasteiger partial charge is 0.339 e. The molecule has 1 fully saturated rings. The minimum absolute atomic E-state index is 0.000280. The molecule has 186 valence electrons.